The third kappa shape index (κ3) is 4.53. The second kappa shape index (κ2) is 8.44. The number of halogens is 1. The highest BCUT2D eigenvalue weighted by Crippen LogP contribution is 2.39. The molecule has 2 aromatic carbocycles. The lowest BCUT2D eigenvalue weighted by atomic mass is 9.90. The van der Waals surface area contributed by atoms with Crippen LogP contribution in [0.3, 0.4) is 0 Å². The first-order chi connectivity index (χ1) is 12.9. The average molecular weight is 432 g/mol. The summed E-state index contributed by atoms with van der Waals surface area (Å²) >= 11 is 3.59. The largest absolute Gasteiger partial charge is 0.496 e. The molecule has 3 rings (SSSR count). The van der Waals surface area contributed by atoms with Gasteiger partial charge in [0.2, 0.25) is 0 Å². The molecule has 1 heterocycles. The normalized spacial score (nSPS) is 18.9. The fraction of sp³-hybridized carbons (Fsp3) is 0.409. The van der Waals surface area contributed by atoms with E-state index in [0.717, 1.165) is 35.2 Å². The molecule has 0 amide bonds. The molecule has 27 heavy (non-hydrogen) atoms. The van der Waals surface area contributed by atoms with E-state index >= 15 is 0 Å². The zero-order valence-electron chi connectivity index (χ0n) is 16.0. The first kappa shape index (κ1) is 19.9. The molecular weight excluding hydrogens is 406 g/mol. The highest BCUT2D eigenvalue weighted by molar-refractivity contribution is 9.10. The first-order valence-corrected chi connectivity index (χ1v) is 10.1. The predicted molar refractivity (Wildman–Crippen MR) is 110 cm³/mol. The number of aryl methyl sites for hydroxylation is 2. The molecule has 1 aliphatic rings. The number of carboxylic acids is 1. The zero-order valence-corrected chi connectivity index (χ0v) is 17.6. The summed E-state index contributed by atoms with van der Waals surface area (Å²) in [6.45, 7) is 5.61. The molecule has 2 aromatic rings. The van der Waals surface area contributed by atoms with Crippen molar-refractivity contribution in [3.05, 3.63) is 63.1 Å². The van der Waals surface area contributed by atoms with Gasteiger partial charge in [0.1, 0.15) is 5.75 Å². The number of carbonyl (C=O) groups is 1. The molecule has 0 aromatic heterocycles. The monoisotopic (exact) mass is 431 g/mol. The van der Waals surface area contributed by atoms with Gasteiger partial charge in [0.05, 0.1) is 19.1 Å². The number of nitrogens with zero attached hydrogens (tertiary/aromatic N) is 1. The minimum Gasteiger partial charge on any atom is -0.496 e. The first-order valence-electron chi connectivity index (χ1n) is 9.27. The molecule has 2 atom stereocenters. The van der Waals surface area contributed by atoms with E-state index in [0.29, 0.717) is 6.54 Å². The van der Waals surface area contributed by atoms with Gasteiger partial charge in [0.25, 0.3) is 0 Å². The molecule has 0 bridgehead atoms. The smallest absolute Gasteiger partial charge is 0.307 e. The summed E-state index contributed by atoms with van der Waals surface area (Å²) in [5, 5.41) is 9.55. The van der Waals surface area contributed by atoms with Crippen molar-refractivity contribution in [2.75, 3.05) is 20.2 Å². The number of benzene rings is 2. The molecule has 1 aliphatic heterocycles. The van der Waals surface area contributed by atoms with Gasteiger partial charge in [0, 0.05) is 16.6 Å². The number of methoxy groups -OCH3 is 1. The minimum absolute atomic E-state index is 0.0433. The van der Waals surface area contributed by atoms with Crippen molar-refractivity contribution in [2.45, 2.75) is 32.7 Å². The summed E-state index contributed by atoms with van der Waals surface area (Å²) in [4.78, 5) is 13.9. The maximum Gasteiger partial charge on any atom is 0.307 e. The summed E-state index contributed by atoms with van der Waals surface area (Å²) in [5.41, 5.74) is 4.64. The number of rotatable bonds is 5. The van der Waals surface area contributed by atoms with Crippen LogP contribution in [0.1, 0.15) is 41.1 Å². The summed E-state index contributed by atoms with van der Waals surface area (Å²) < 4.78 is 6.65. The predicted octanol–water partition coefficient (Wildman–Crippen LogP) is 4.96. The molecule has 2 unspecified atom stereocenters. The lowest BCUT2D eigenvalue weighted by Crippen LogP contribution is -2.41. The van der Waals surface area contributed by atoms with Crippen LogP contribution in [-0.4, -0.2) is 36.2 Å². The van der Waals surface area contributed by atoms with Crippen LogP contribution in [0.4, 0.5) is 0 Å². The molecule has 1 N–H and O–H groups in total. The fourth-order valence-corrected chi connectivity index (χ4v) is 4.50. The van der Waals surface area contributed by atoms with E-state index < -0.39 is 5.97 Å². The number of hydrogen-bond acceptors (Lipinski definition) is 3. The van der Waals surface area contributed by atoms with Crippen molar-refractivity contribution in [2.24, 2.45) is 5.92 Å². The second-order valence-corrected chi connectivity index (χ2v) is 8.30. The highest BCUT2D eigenvalue weighted by atomic mass is 79.9. The average Bonchev–Trinajstić information content (AvgIpc) is 2.61. The lowest BCUT2D eigenvalue weighted by Gasteiger charge is -2.38. The van der Waals surface area contributed by atoms with Crippen molar-refractivity contribution in [3.8, 4) is 5.75 Å². The van der Waals surface area contributed by atoms with Crippen LogP contribution in [0, 0.1) is 19.8 Å². The van der Waals surface area contributed by atoms with Gasteiger partial charge in [-0.1, -0.05) is 45.3 Å². The van der Waals surface area contributed by atoms with Crippen LogP contribution >= 0.6 is 15.9 Å². The molecule has 0 radical (unpaired) electrons. The van der Waals surface area contributed by atoms with E-state index in [4.69, 9.17) is 4.74 Å². The minimum atomic E-state index is -0.708. The Kier molecular flexibility index (Phi) is 6.22. The number of likely N-dealkylation sites (tertiary alicyclic amines) is 1. The van der Waals surface area contributed by atoms with Crippen molar-refractivity contribution in [1.29, 1.82) is 0 Å². The van der Waals surface area contributed by atoms with Crippen LogP contribution in [0.25, 0.3) is 0 Å². The Morgan fingerprint density at radius 1 is 1.22 bits per heavy atom. The Hall–Kier alpha value is -1.85. The van der Waals surface area contributed by atoms with Crippen LogP contribution in [-0.2, 0) is 4.79 Å². The van der Waals surface area contributed by atoms with Gasteiger partial charge in [-0.05, 0) is 57.0 Å². The van der Waals surface area contributed by atoms with Gasteiger partial charge in [0.15, 0.2) is 0 Å². The van der Waals surface area contributed by atoms with E-state index in [-0.39, 0.29) is 12.0 Å². The van der Waals surface area contributed by atoms with Gasteiger partial charge in [-0.3, -0.25) is 9.69 Å². The van der Waals surface area contributed by atoms with E-state index in [1.807, 2.05) is 12.1 Å². The summed E-state index contributed by atoms with van der Waals surface area (Å²) in [6.07, 6.45) is 1.62. The number of hydrogen-bond donors (Lipinski definition) is 1. The van der Waals surface area contributed by atoms with Crippen molar-refractivity contribution in [1.82, 2.24) is 4.90 Å². The van der Waals surface area contributed by atoms with Gasteiger partial charge in [-0.25, -0.2) is 0 Å². The van der Waals surface area contributed by atoms with Gasteiger partial charge in [-0.2, -0.15) is 0 Å². The van der Waals surface area contributed by atoms with Crippen LogP contribution in [0.2, 0.25) is 0 Å². The quantitative estimate of drug-likeness (QED) is 0.726. The number of aliphatic carboxylic acids is 1. The molecule has 1 fully saturated rings. The Labute approximate surface area is 169 Å². The Morgan fingerprint density at radius 3 is 2.56 bits per heavy atom. The topological polar surface area (TPSA) is 49.8 Å². The van der Waals surface area contributed by atoms with Gasteiger partial charge < -0.3 is 9.84 Å². The van der Waals surface area contributed by atoms with Crippen LogP contribution in [0.5, 0.6) is 5.75 Å². The summed E-state index contributed by atoms with van der Waals surface area (Å²) in [5.74, 6) is -0.217. The van der Waals surface area contributed by atoms with Crippen LogP contribution in [0.15, 0.2) is 40.9 Å². The fourth-order valence-electron chi connectivity index (χ4n) is 4.12. The van der Waals surface area contributed by atoms with Gasteiger partial charge >= 0.3 is 5.97 Å². The van der Waals surface area contributed by atoms with Gasteiger partial charge in [-0.15, -0.1) is 0 Å². The third-order valence-electron chi connectivity index (χ3n) is 5.21. The molecular formula is C22H26BrNO3. The molecule has 0 saturated carbocycles. The second-order valence-electron chi connectivity index (χ2n) is 7.38. The van der Waals surface area contributed by atoms with E-state index in [1.54, 1.807) is 7.11 Å². The molecule has 0 spiro atoms. The van der Waals surface area contributed by atoms with E-state index in [9.17, 15) is 9.90 Å². The molecule has 4 nitrogen and oxygen atoms in total. The Bertz CT molecular complexity index is 816. The molecule has 144 valence electrons. The third-order valence-corrected chi connectivity index (χ3v) is 5.71. The summed E-state index contributed by atoms with van der Waals surface area (Å²) in [6, 6.07) is 12.5. The standard InChI is InChI=1S/C22H26BrNO3/c1-14-9-15(2)11-17(10-14)21(19-12-18(23)6-7-20(19)27-3)24-8-4-5-16(13-24)22(25)26/h6-7,9-12,16,21H,4-5,8,13H2,1-3H3,(H,25,26). The lowest BCUT2D eigenvalue weighted by molar-refractivity contribution is -0.143. The molecule has 5 heteroatoms. The van der Waals surface area contributed by atoms with Crippen molar-refractivity contribution >= 4 is 21.9 Å². The molecule has 0 aliphatic carbocycles. The Balaban J connectivity index is 2.12. The highest BCUT2D eigenvalue weighted by Gasteiger charge is 2.32. The number of piperidine rings is 1. The van der Waals surface area contributed by atoms with E-state index in [2.05, 4.69) is 58.9 Å². The van der Waals surface area contributed by atoms with E-state index in [1.165, 1.54) is 16.7 Å². The zero-order chi connectivity index (χ0) is 19.6. The maximum absolute atomic E-state index is 11.6. The Morgan fingerprint density at radius 2 is 1.93 bits per heavy atom. The SMILES string of the molecule is COc1ccc(Br)cc1C(c1cc(C)cc(C)c1)N1CCCC(C(=O)O)C1. The number of ether oxygens (including phenoxy) is 1. The van der Waals surface area contributed by atoms with Crippen LogP contribution < -0.4 is 4.74 Å². The summed E-state index contributed by atoms with van der Waals surface area (Å²) in [7, 11) is 1.68. The van der Waals surface area contributed by atoms with Crippen molar-refractivity contribution in [3.63, 3.8) is 0 Å². The van der Waals surface area contributed by atoms with Crippen molar-refractivity contribution < 1.29 is 14.6 Å². The molecule has 1 saturated heterocycles. The number of carboxylic acid groups (broad SMARTS) is 1. The maximum atomic E-state index is 11.6.